The van der Waals surface area contributed by atoms with Gasteiger partial charge < -0.3 is 26.2 Å². The number of hydrogen-bond acceptors (Lipinski definition) is 5. The van der Waals surface area contributed by atoms with Crippen molar-refractivity contribution in [3.05, 3.63) is 98.5 Å². The van der Waals surface area contributed by atoms with E-state index in [0.717, 1.165) is 16.7 Å². The smallest absolute Gasteiger partial charge is 0.250 e. The van der Waals surface area contributed by atoms with E-state index in [1.807, 2.05) is 48.5 Å². The van der Waals surface area contributed by atoms with Crippen LogP contribution in [0.25, 0.3) is 0 Å². The lowest BCUT2D eigenvalue weighted by molar-refractivity contribution is -0.128. The van der Waals surface area contributed by atoms with Gasteiger partial charge in [-0.15, -0.1) is 0 Å². The molecule has 2 aliphatic heterocycles. The summed E-state index contributed by atoms with van der Waals surface area (Å²) in [5, 5.41) is 13.8. The highest BCUT2D eigenvalue weighted by molar-refractivity contribution is 6.42. The normalized spacial score (nSPS) is 21.8. The van der Waals surface area contributed by atoms with Gasteiger partial charge in [-0.1, -0.05) is 71.2 Å². The van der Waals surface area contributed by atoms with Crippen molar-refractivity contribution in [2.24, 2.45) is 0 Å². The first-order chi connectivity index (χ1) is 22.6. The molecule has 248 valence electrons. The first-order valence-corrected chi connectivity index (χ1v) is 16.9. The minimum atomic E-state index is -0.810. The van der Waals surface area contributed by atoms with E-state index in [1.54, 1.807) is 18.2 Å². The maximum absolute atomic E-state index is 14.0. The second-order valence-electron chi connectivity index (χ2n) is 12.0. The molecule has 3 atom stereocenters. The van der Waals surface area contributed by atoms with Crippen LogP contribution in [0.1, 0.15) is 42.4 Å². The molecule has 5 rings (SSSR count). The summed E-state index contributed by atoms with van der Waals surface area (Å²) < 4.78 is 0. The highest BCUT2D eigenvalue weighted by Gasteiger charge is 2.33. The summed E-state index contributed by atoms with van der Waals surface area (Å²) >= 11 is 18.4. The number of nitrogens with one attached hydrogen (secondary N) is 4. The molecular formula is C35H38Cl3N5O4. The molecule has 9 nitrogen and oxygen atoms in total. The Kier molecular flexibility index (Phi) is 12.2. The summed E-state index contributed by atoms with van der Waals surface area (Å²) in [7, 11) is 0. The zero-order valence-electron chi connectivity index (χ0n) is 25.9. The fraction of sp³-hybridized carbons (Fsp3) is 0.371. The van der Waals surface area contributed by atoms with Crippen LogP contribution in [0.2, 0.25) is 15.1 Å². The maximum Gasteiger partial charge on any atom is 0.250 e. The third kappa shape index (κ3) is 9.93. The predicted molar refractivity (Wildman–Crippen MR) is 185 cm³/mol. The van der Waals surface area contributed by atoms with Gasteiger partial charge in [-0.25, -0.2) is 0 Å². The predicted octanol–water partition coefficient (Wildman–Crippen LogP) is 4.64. The standard InChI is InChI=1S/C35H38Cl3N5O4/c36-25-10-6-22(7-11-25)16-26-19-33(45)42-30-13-9-24-4-1-2-5-31(24)43(35(30)47)21-34(46)41-27(20-32(44)40-15-3-14-39-26)17-23-8-12-28(37)29(38)18-23/h1-2,4-8,10-12,18,26-27,30,39H,3,9,13-17,19-21H2,(H,40,44)(H,41,46)(H,42,45)/t26-,27+,30-/m0/s1. The van der Waals surface area contributed by atoms with E-state index in [2.05, 4.69) is 21.3 Å². The second-order valence-corrected chi connectivity index (χ2v) is 13.3. The number of para-hydroxylation sites is 1. The average molecular weight is 699 g/mol. The third-order valence-corrected chi connectivity index (χ3v) is 9.38. The topological polar surface area (TPSA) is 120 Å². The number of halogens is 3. The number of hydrogen-bond donors (Lipinski definition) is 4. The lowest BCUT2D eigenvalue weighted by Crippen LogP contribution is -2.52. The van der Waals surface area contributed by atoms with Crippen molar-refractivity contribution in [1.82, 2.24) is 21.3 Å². The molecule has 4 amide bonds. The monoisotopic (exact) mass is 697 g/mol. The van der Waals surface area contributed by atoms with Gasteiger partial charge in [0, 0.05) is 42.2 Å². The molecule has 12 heteroatoms. The molecule has 47 heavy (non-hydrogen) atoms. The van der Waals surface area contributed by atoms with Gasteiger partial charge in [0.1, 0.15) is 12.6 Å². The van der Waals surface area contributed by atoms with Crippen molar-refractivity contribution >= 4 is 64.1 Å². The molecule has 4 N–H and O–H groups in total. The largest absolute Gasteiger partial charge is 0.356 e. The van der Waals surface area contributed by atoms with Gasteiger partial charge in [-0.05, 0) is 85.7 Å². The Labute approximate surface area is 289 Å². The average Bonchev–Trinajstić information content (AvgIpc) is 3.15. The number of aryl methyl sites for hydroxylation is 1. The van der Waals surface area contributed by atoms with Crippen molar-refractivity contribution in [3.8, 4) is 0 Å². The fourth-order valence-electron chi connectivity index (χ4n) is 6.07. The van der Waals surface area contributed by atoms with Crippen LogP contribution in [0.15, 0.2) is 66.7 Å². The van der Waals surface area contributed by atoms with Gasteiger partial charge in [0.05, 0.1) is 10.0 Å². The first kappa shape index (κ1) is 34.7. The van der Waals surface area contributed by atoms with Crippen LogP contribution < -0.4 is 26.2 Å². The molecule has 0 aromatic heterocycles. The molecule has 3 aromatic carbocycles. The van der Waals surface area contributed by atoms with Gasteiger partial charge in [0.15, 0.2) is 0 Å². The fourth-order valence-corrected chi connectivity index (χ4v) is 6.52. The first-order valence-electron chi connectivity index (χ1n) is 15.8. The number of anilines is 1. The minimum Gasteiger partial charge on any atom is -0.356 e. The van der Waals surface area contributed by atoms with Crippen LogP contribution in [0, 0.1) is 0 Å². The van der Waals surface area contributed by atoms with Crippen LogP contribution in [0.4, 0.5) is 5.69 Å². The van der Waals surface area contributed by atoms with Gasteiger partial charge >= 0.3 is 0 Å². The molecule has 3 aromatic rings. The molecule has 0 radical (unpaired) electrons. The van der Waals surface area contributed by atoms with E-state index in [0.29, 0.717) is 65.9 Å². The quantitative estimate of drug-likeness (QED) is 0.317. The molecule has 1 fully saturated rings. The molecule has 0 unspecified atom stereocenters. The highest BCUT2D eigenvalue weighted by Crippen LogP contribution is 2.27. The van der Waals surface area contributed by atoms with Crippen LogP contribution in [-0.4, -0.2) is 61.4 Å². The third-order valence-electron chi connectivity index (χ3n) is 8.38. The number of benzene rings is 3. The van der Waals surface area contributed by atoms with Crippen molar-refractivity contribution in [1.29, 1.82) is 0 Å². The molecule has 0 spiro atoms. The van der Waals surface area contributed by atoms with Gasteiger partial charge in [-0.2, -0.15) is 0 Å². The van der Waals surface area contributed by atoms with E-state index in [1.165, 1.54) is 4.90 Å². The molecule has 2 heterocycles. The summed E-state index contributed by atoms with van der Waals surface area (Å²) in [4.78, 5) is 55.5. The number of amides is 4. The van der Waals surface area contributed by atoms with Gasteiger partial charge in [-0.3, -0.25) is 19.2 Å². The minimum absolute atomic E-state index is 0.0296. The van der Waals surface area contributed by atoms with Crippen LogP contribution in [0.3, 0.4) is 0 Å². The van der Waals surface area contributed by atoms with E-state index < -0.39 is 18.0 Å². The van der Waals surface area contributed by atoms with Crippen molar-refractivity contribution in [2.75, 3.05) is 24.5 Å². The molecule has 2 aliphatic rings. The van der Waals surface area contributed by atoms with E-state index in [4.69, 9.17) is 34.8 Å². The van der Waals surface area contributed by atoms with Crippen molar-refractivity contribution in [2.45, 2.75) is 63.1 Å². The lowest BCUT2D eigenvalue weighted by atomic mass is 10.0. The number of fused-ring (bicyclic) bond motifs is 4. The number of carbonyl (C=O) groups excluding carboxylic acids is 4. The molecule has 2 bridgehead atoms. The molecule has 1 saturated heterocycles. The Hall–Kier alpha value is -3.63. The summed E-state index contributed by atoms with van der Waals surface area (Å²) in [5.74, 6) is -1.27. The Morgan fingerprint density at radius 3 is 2.23 bits per heavy atom. The summed E-state index contributed by atoms with van der Waals surface area (Å²) in [6.07, 6.45) is 2.65. The van der Waals surface area contributed by atoms with E-state index in [9.17, 15) is 19.2 Å². The highest BCUT2D eigenvalue weighted by atomic mass is 35.5. The Bertz CT molecular complexity index is 1600. The maximum atomic E-state index is 14.0. The number of nitrogens with zero attached hydrogens (tertiary/aromatic N) is 1. The molecular weight excluding hydrogens is 661 g/mol. The zero-order chi connectivity index (χ0) is 33.3. The SMILES string of the molecule is O=C1C[C@@H](Cc2ccc(Cl)c(Cl)c2)NC(=O)CN2C(=O)[C@H](CCc3ccccc32)NC(=O)C[C@H](Cc2ccc(Cl)cc2)NCCCN1. The van der Waals surface area contributed by atoms with E-state index >= 15 is 0 Å². The second kappa shape index (κ2) is 16.5. The van der Waals surface area contributed by atoms with Gasteiger partial charge in [0.2, 0.25) is 23.6 Å². The Balaban J connectivity index is 1.40. The van der Waals surface area contributed by atoms with Gasteiger partial charge in [0.25, 0.3) is 0 Å². The summed E-state index contributed by atoms with van der Waals surface area (Å²) in [5.41, 5.74) is 3.35. The van der Waals surface area contributed by atoms with Crippen molar-refractivity contribution < 1.29 is 19.2 Å². The van der Waals surface area contributed by atoms with Crippen LogP contribution in [0.5, 0.6) is 0 Å². The number of carbonyl (C=O) groups is 4. The van der Waals surface area contributed by atoms with Crippen LogP contribution >= 0.6 is 34.8 Å². The van der Waals surface area contributed by atoms with Crippen molar-refractivity contribution in [3.63, 3.8) is 0 Å². The molecule has 0 saturated carbocycles. The van der Waals surface area contributed by atoms with Crippen LogP contribution in [-0.2, 0) is 38.4 Å². The Morgan fingerprint density at radius 1 is 0.723 bits per heavy atom. The zero-order valence-corrected chi connectivity index (χ0v) is 28.1. The Morgan fingerprint density at radius 2 is 1.45 bits per heavy atom. The molecule has 0 aliphatic carbocycles. The summed E-state index contributed by atoms with van der Waals surface area (Å²) in [6.45, 7) is 0.698. The lowest BCUT2D eigenvalue weighted by Gasteiger charge is -2.28. The summed E-state index contributed by atoms with van der Waals surface area (Å²) in [6, 6.07) is 18.5. The number of rotatable bonds is 4. The van der Waals surface area contributed by atoms with E-state index in [-0.39, 0.29) is 43.1 Å².